The van der Waals surface area contributed by atoms with Crippen molar-refractivity contribution >= 4 is 21.6 Å². The van der Waals surface area contributed by atoms with Crippen molar-refractivity contribution in [3.05, 3.63) is 34.5 Å². The number of hydrogen-bond acceptors (Lipinski definition) is 5. The summed E-state index contributed by atoms with van der Waals surface area (Å²) in [6.07, 6.45) is 2.04. The molecule has 0 saturated carbocycles. The van der Waals surface area contributed by atoms with E-state index in [9.17, 15) is 17.8 Å². The molecule has 1 aliphatic heterocycles. The standard InChI is InChI=1S/C21H26F2N6O3S/c1-25-13-9-29-20(32-10-13)16(8-26-29)33(24,31)28-21(30)27-18-14-4-2-3-11(14)7-12-5-6-15(17(12)18)19(22)23/h7-8,13,15,19,25H,2-6,9-10H2,1H3,(H3,24,27,28,30,31)/t13?,15-,33+/m1/s1. The topological polar surface area (TPSA) is 124 Å². The number of carbonyl (C=O) groups is 1. The van der Waals surface area contributed by atoms with Crippen molar-refractivity contribution in [2.75, 3.05) is 19.0 Å². The van der Waals surface area contributed by atoms with Gasteiger partial charge in [-0.1, -0.05) is 6.07 Å². The van der Waals surface area contributed by atoms with Crippen LogP contribution in [-0.4, -0.2) is 46.1 Å². The molecule has 1 unspecified atom stereocenters. The number of halogens is 2. The van der Waals surface area contributed by atoms with Gasteiger partial charge in [-0.3, -0.25) is 0 Å². The fourth-order valence-corrected chi connectivity index (χ4v) is 6.06. The number of amides is 2. The monoisotopic (exact) mass is 480 g/mol. The molecule has 0 bridgehead atoms. The Kier molecular flexibility index (Phi) is 5.61. The fraction of sp³-hybridized carbons (Fsp3) is 0.524. The molecule has 3 aliphatic rings. The second kappa shape index (κ2) is 8.33. The van der Waals surface area contributed by atoms with E-state index in [0.717, 1.165) is 29.5 Å². The number of rotatable bonds is 4. The second-order valence-corrected chi connectivity index (χ2v) is 10.4. The van der Waals surface area contributed by atoms with Gasteiger partial charge in [-0.05, 0) is 61.4 Å². The van der Waals surface area contributed by atoms with E-state index in [1.165, 1.54) is 10.9 Å². The summed E-state index contributed by atoms with van der Waals surface area (Å²) in [7, 11) is -1.88. The zero-order valence-corrected chi connectivity index (χ0v) is 19.0. The molecule has 0 fully saturated rings. The van der Waals surface area contributed by atoms with E-state index < -0.39 is 28.3 Å². The lowest BCUT2D eigenvalue weighted by atomic mass is 9.94. The number of benzene rings is 1. The number of nitrogens with two attached hydrogens (primary N) is 1. The van der Waals surface area contributed by atoms with Gasteiger partial charge < -0.3 is 15.4 Å². The molecule has 178 valence electrons. The molecule has 1 aromatic carbocycles. The molecule has 2 heterocycles. The third-order valence-electron chi connectivity index (χ3n) is 6.67. The SMILES string of the molecule is CNC1COc2c([S@@](N)(=O)=NC(=O)Nc3c4c(cc5c3[C@H](C(F)F)CC5)CCC4)cnn2C1. The van der Waals surface area contributed by atoms with Crippen LogP contribution in [0.1, 0.15) is 41.0 Å². The Morgan fingerprint density at radius 3 is 2.94 bits per heavy atom. The van der Waals surface area contributed by atoms with Gasteiger partial charge in [-0.2, -0.15) is 5.10 Å². The van der Waals surface area contributed by atoms with E-state index in [2.05, 4.69) is 20.1 Å². The van der Waals surface area contributed by atoms with Gasteiger partial charge in [0.15, 0.2) is 9.92 Å². The molecule has 33 heavy (non-hydrogen) atoms. The lowest BCUT2D eigenvalue weighted by Crippen LogP contribution is -2.40. The molecule has 2 aliphatic carbocycles. The maximum atomic E-state index is 13.7. The molecule has 0 saturated heterocycles. The predicted molar refractivity (Wildman–Crippen MR) is 118 cm³/mol. The summed E-state index contributed by atoms with van der Waals surface area (Å²) in [5.74, 6) is -0.732. The Morgan fingerprint density at radius 1 is 1.36 bits per heavy atom. The maximum absolute atomic E-state index is 13.7. The van der Waals surface area contributed by atoms with Gasteiger partial charge >= 0.3 is 6.03 Å². The number of nitrogens with one attached hydrogen (secondary N) is 2. The molecular weight excluding hydrogens is 454 g/mol. The quantitative estimate of drug-likeness (QED) is 0.621. The first-order valence-electron chi connectivity index (χ1n) is 11.0. The number of nitrogens with zero attached hydrogens (tertiary/aromatic N) is 3. The summed E-state index contributed by atoms with van der Waals surface area (Å²) in [4.78, 5) is 12.9. The summed E-state index contributed by atoms with van der Waals surface area (Å²) in [6, 6.07) is 1.09. The third kappa shape index (κ3) is 3.89. The van der Waals surface area contributed by atoms with E-state index in [1.54, 1.807) is 7.05 Å². The molecule has 0 spiro atoms. The number of urea groups is 1. The molecule has 4 N–H and O–H groups in total. The van der Waals surface area contributed by atoms with Crippen molar-refractivity contribution in [1.29, 1.82) is 0 Å². The first-order chi connectivity index (χ1) is 15.8. The summed E-state index contributed by atoms with van der Waals surface area (Å²) >= 11 is 0. The van der Waals surface area contributed by atoms with Crippen LogP contribution in [0.4, 0.5) is 19.3 Å². The molecule has 0 radical (unpaired) electrons. The average Bonchev–Trinajstić information content (AvgIpc) is 3.50. The number of hydrogen-bond donors (Lipinski definition) is 3. The first-order valence-corrected chi connectivity index (χ1v) is 12.5. The van der Waals surface area contributed by atoms with Crippen LogP contribution < -0.4 is 20.5 Å². The molecule has 9 nitrogen and oxygen atoms in total. The molecule has 2 amide bonds. The lowest BCUT2D eigenvalue weighted by Gasteiger charge is -2.24. The normalized spacial score (nSPS) is 22.8. The van der Waals surface area contributed by atoms with Crippen molar-refractivity contribution in [1.82, 2.24) is 15.1 Å². The molecule has 3 atom stereocenters. The van der Waals surface area contributed by atoms with Gasteiger partial charge in [0.05, 0.1) is 18.8 Å². The van der Waals surface area contributed by atoms with E-state index in [0.29, 0.717) is 43.7 Å². The summed E-state index contributed by atoms with van der Waals surface area (Å²) in [5, 5.41) is 15.9. The van der Waals surface area contributed by atoms with Gasteiger partial charge in [-0.15, -0.1) is 4.36 Å². The first kappa shape index (κ1) is 22.2. The van der Waals surface area contributed by atoms with E-state index in [-0.39, 0.29) is 16.8 Å². The van der Waals surface area contributed by atoms with Gasteiger partial charge in [-0.25, -0.2) is 27.6 Å². The molecule has 1 aromatic heterocycles. The van der Waals surface area contributed by atoms with Crippen LogP contribution in [0, 0.1) is 0 Å². The average molecular weight is 481 g/mol. The van der Waals surface area contributed by atoms with Gasteiger partial charge in [0.2, 0.25) is 12.3 Å². The lowest BCUT2D eigenvalue weighted by molar-refractivity contribution is 0.114. The van der Waals surface area contributed by atoms with E-state index in [1.807, 2.05) is 6.07 Å². The minimum Gasteiger partial charge on any atom is -0.475 e. The Bertz CT molecular complexity index is 1240. The highest BCUT2D eigenvalue weighted by atomic mass is 32.2. The van der Waals surface area contributed by atoms with E-state index in [4.69, 9.17) is 9.88 Å². The summed E-state index contributed by atoms with van der Waals surface area (Å²) in [5.41, 5.74) is 3.62. The largest absolute Gasteiger partial charge is 0.475 e. The van der Waals surface area contributed by atoms with Crippen LogP contribution in [0.2, 0.25) is 0 Å². The molecule has 5 rings (SSSR count). The summed E-state index contributed by atoms with van der Waals surface area (Å²) in [6.45, 7) is 0.819. The molecular formula is C21H26F2N6O3S. The van der Waals surface area contributed by atoms with Crippen molar-refractivity contribution in [3.8, 4) is 5.88 Å². The maximum Gasteiger partial charge on any atom is 0.354 e. The third-order valence-corrected chi connectivity index (χ3v) is 8.02. The molecule has 2 aromatic rings. The highest BCUT2D eigenvalue weighted by Gasteiger charge is 2.36. The number of carbonyl (C=O) groups excluding carboxylic acids is 1. The highest BCUT2D eigenvalue weighted by Crippen LogP contribution is 2.46. The van der Waals surface area contributed by atoms with Crippen LogP contribution in [0.15, 0.2) is 21.5 Å². The van der Waals surface area contributed by atoms with Crippen molar-refractivity contribution in [3.63, 3.8) is 0 Å². The van der Waals surface area contributed by atoms with E-state index >= 15 is 0 Å². The second-order valence-electron chi connectivity index (χ2n) is 8.68. The number of anilines is 1. The number of likely N-dealkylation sites (N-methyl/N-ethyl adjacent to an activating group) is 1. The van der Waals surface area contributed by atoms with Crippen LogP contribution >= 0.6 is 0 Å². The smallest absolute Gasteiger partial charge is 0.354 e. The number of alkyl halides is 2. The fourth-order valence-electron chi connectivity index (χ4n) is 5.05. The number of ether oxygens (including phenoxy) is 1. The Morgan fingerprint density at radius 2 is 2.18 bits per heavy atom. The highest BCUT2D eigenvalue weighted by molar-refractivity contribution is 7.91. The zero-order chi connectivity index (χ0) is 23.3. The minimum absolute atomic E-state index is 0.0289. The Hall–Kier alpha value is -2.57. The van der Waals surface area contributed by atoms with Crippen molar-refractivity contribution in [2.24, 2.45) is 9.50 Å². The van der Waals surface area contributed by atoms with Gasteiger partial charge in [0, 0.05) is 11.6 Å². The molecule has 12 heteroatoms. The number of aryl methyl sites for hydroxylation is 2. The van der Waals surface area contributed by atoms with Gasteiger partial charge in [0.1, 0.15) is 11.5 Å². The summed E-state index contributed by atoms with van der Waals surface area (Å²) < 4.78 is 51.6. The van der Waals surface area contributed by atoms with Crippen molar-refractivity contribution < 1.29 is 22.5 Å². The zero-order valence-electron chi connectivity index (χ0n) is 18.1. The Labute approximate surface area is 190 Å². The predicted octanol–water partition coefficient (Wildman–Crippen LogP) is 2.58. The van der Waals surface area contributed by atoms with Crippen LogP contribution in [-0.2, 0) is 35.7 Å². The minimum atomic E-state index is -3.67. The number of fused-ring (bicyclic) bond motifs is 3. The van der Waals surface area contributed by atoms with Crippen LogP contribution in [0.3, 0.4) is 0 Å². The number of aromatic nitrogens is 2. The Balaban J connectivity index is 1.48. The van der Waals surface area contributed by atoms with Gasteiger partial charge in [0.25, 0.3) is 0 Å². The van der Waals surface area contributed by atoms with Crippen LogP contribution in [0.5, 0.6) is 5.88 Å². The van der Waals surface area contributed by atoms with Crippen molar-refractivity contribution in [2.45, 2.75) is 61.9 Å². The van der Waals surface area contributed by atoms with Crippen LogP contribution in [0.25, 0.3) is 0 Å².